The quantitative estimate of drug-likeness (QED) is 0.776. The molecule has 0 atom stereocenters. The number of rotatable bonds is 4. The number of hydrogen-bond donors (Lipinski definition) is 1. The van der Waals surface area contributed by atoms with Crippen LogP contribution in [-0.2, 0) is 13.0 Å². The summed E-state index contributed by atoms with van der Waals surface area (Å²) in [6, 6.07) is 0.541. The maximum Gasteiger partial charge on any atom is 0.107 e. The number of aromatic nitrogens is 1. The van der Waals surface area contributed by atoms with E-state index in [2.05, 4.69) is 36.5 Å². The van der Waals surface area contributed by atoms with Crippen molar-refractivity contribution in [3.05, 3.63) is 16.1 Å². The SMILES string of the molecule is CCc1csc(CNC(C)C)n1. The minimum absolute atomic E-state index is 0.541. The molecule has 0 unspecified atom stereocenters. The first kappa shape index (κ1) is 9.68. The van der Waals surface area contributed by atoms with Gasteiger partial charge in [0, 0.05) is 18.0 Å². The topological polar surface area (TPSA) is 24.9 Å². The molecule has 0 aliphatic heterocycles. The van der Waals surface area contributed by atoms with Crippen molar-refractivity contribution in [3.63, 3.8) is 0 Å². The molecule has 0 saturated carbocycles. The Morgan fingerprint density at radius 1 is 1.58 bits per heavy atom. The van der Waals surface area contributed by atoms with Gasteiger partial charge in [0.15, 0.2) is 0 Å². The highest BCUT2D eigenvalue weighted by atomic mass is 32.1. The summed E-state index contributed by atoms with van der Waals surface area (Å²) in [5.74, 6) is 0. The molecule has 0 bridgehead atoms. The Hall–Kier alpha value is -0.410. The van der Waals surface area contributed by atoms with Crippen molar-refractivity contribution in [3.8, 4) is 0 Å². The molecule has 0 fully saturated rings. The van der Waals surface area contributed by atoms with Crippen LogP contribution < -0.4 is 5.32 Å². The van der Waals surface area contributed by atoms with Crippen LogP contribution >= 0.6 is 11.3 Å². The van der Waals surface area contributed by atoms with Crippen LogP contribution in [0.4, 0.5) is 0 Å². The molecule has 1 aromatic heterocycles. The van der Waals surface area contributed by atoms with Gasteiger partial charge in [-0.2, -0.15) is 0 Å². The molecule has 0 saturated heterocycles. The molecule has 1 heterocycles. The molecule has 12 heavy (non-hydrogen) atoms. The van der Waals surface area contributed by atoms with Gasteiger partial charge in [0.1, 0.15) is 5.01 Å². The molecular weight excluding hydrogens is 168 g/mol. The molecule has 68 valence electrons. The molecule has 0 aliphatic carbocycles. The summed E-state index contributed by atoms with van der Waals surface area (Å²) in [5, 5.41) is 6.68. The van der Waals surface area contributed by atoms with E-state index in [9.17, 15) is 0 Å². The lowest BCUT2D eigenvalue weighted by Crippen LogP contribution is -2.21. The zero-order valence-electron chi connectivity index (χ0n) is 7.92. The van der Waals surface area contributed by atoms with Crippen molar-refractivity contribution in [1.82, 2.24) is 10.3 Å². The second kappa shape index (κ2) is 4.58. The Morgan fingerprint density at radius 2 is 2.33 bits per heavy atom. The summed E-state index contributed by atoms with van der Waals surface area (Å²) in [4.78, 5) is 4.46. The zero-order valence-corrected chi connectivity index (χ0v) is 8.74. The van der Waals surface area contributed by atoms with Gasteiger partial charge in [-0.1, -0.05) is 20.8 Å². The summed E-state index contributed by atoms with van der Waals surface area (Å²) in [6.07, 6.45) is 1.04. The van der Waals surface area contributed by atoms with E-state index in [1.807, 2.05) is 0 Å². The summed E-state index contributed by atoms with van der Waals surface area (Å²) < 4.78 is 0. The van der Waals surface area contributed by atoms with E-state index in [0.717, 1.165) is 13.0 Å². The van der Waals surface area contributed by atoms with Crippen molar-refractivity contribution in [2.24, 2.45) is 0 Å². The van der Waals surface area contributed by atoms with Crippen molar-refractivity contribution in [2.75, 3.05) is 0 Å². The van der Waals surface area contributed by atoms with E-state index in [-0.39, 0.29) is 0 Å². The molecule has 0 spiro atoms. The van der Waals surface area contributed by atoms with Crippen molar-refractivity contribution >= 4 is 11.3 Å². The molecule has 1 rings (SSSR count). The van der Waals surface area contributed by atoms with E-state index in [0.29, 0.717) is 6.04 Å². The maximum atomic E-state index is 4.46. The molecule has 1 N–H and O–H groups in total. The van der Waals surface area contributed by atoms with E-state index in [1.54, 1.807) is 11.3 Å². The smallest absolute Gasteiger partial charge is 0.107 e. The highest BCUT2D eigenvalue weighted by molar-refractivity contribution is 7.09. The van der Waals surface area contributed by atoms with Crippen LogP contribution in [0.2, 0.25) is 0 Å². The minimum atomic E-state index is 0.541. The average Bonchev–Trinajstić information content (AvgIpc) is 2.48. The van der Waals surface area contributed by atoms with Gasteiger partial charge in [-0.25, -0.2) is 4.98 Å². The second-order valence-electron chi connectivity index (χ2n) is 3.12. The highest BCUT2D eigenvalue weighted by Crippen LogP contribution is 2.09. The molecule has 0 aliphatic rings. The summed E-state index contributed by atoms with van der Waals surface area (Å²) in [7, 11) is 0. The third-order valence-corrected chi connectivity index (χ3v) is 2.52. The lowest BCUT2D eigenvalue weighted by Gasteiger charge is -2.04. The number of nitrogens with one attached hydrogen (secondary N) is 1. The Morgan fingerprint density at radius 3 is 2.83 bits per heavy atom. The van der Waals surface area contributed by atoms with E-state index < -0.39 is 0 Å². The van der Waals surface area contributed by atoms with Crippen LogP contribution in [0.5, 0.6) is 0 Å². The average molecular weight is 184 g/mol. The van der Waals surface area contributed by atoms with Crippen molar-refractivity contribution < 1.29 is 0 Å². The monoisotopic (exact) mass is 184 g/mol. The lowest BCUT2D eigenvalue weighted by atomic mass is 10.4. The van der Waals surface area contributed by atoms with Crippen LogP contribution in [0, 0.1) is 0 Å². The Kier molecular flexibility index (Phi) is 3.69. The van der Waals surface area contributed by atoms with Gasteiger partial charge in [0.05, 0.1) is 5.69 Å². The van der Waals surface area contributed by atoms with Gasteiger partial charge in [-0.05, 0) is 6.42 Å². The summed E-state index contributed by atoms with van der Waals surface area (Å²) in [5.41, 5.74) is 1.21. The predicted molar refractivity (Wildman–Crippen MR) is 53.5 cm³/mol. The molecule has 0 aromatic carbocycles. The van der Waals surface area contributed by atoms with Gasteiger partial charge in [-0.15, -0.1) is 11.3 Å². The van der Waals surface area contributed by atoms with Gasteiger partial charge in [0.25, 0.3) is 0 Å². The fourth-order valence-corrected chi connectivity index (χ4v) is 1.71. The molecule has 0 radical (unpaired) electrons. The first-order valence-corrected chi connectivity index (χ1v) is 5.27. The largest absolute Gasteiger partial charge is 0.308 e. The molecule has 0 amide bonds. The van der Waals surface area contributed by atoms with E-state index >= 15 is 0 Å². The Bertz CT molecular complexity index is 230. The highest BCUT2D eigenvalue weighted by Gasteiger charge is 2.00. The molecular formula is C9H16N2S. The van der Waals surface area contributed by atoms with Gasteiger partial charge in [-0.3, -0.25) is 0 Å². The van der Waals surface area contributed by atoms with Crippen molar-refractivity contribution in [2.45, 2.75) is 39.8 Å². The van der Waals surface area contributed by atoms with Crippen LogP contribution in [-0.4, -0.2) is 11.0 Å². The van der Waals surface area contributed by atoms with Crippen LogP contribution in [0.1, 0.15) is 31.5 Å². The maximum absolute atomic E-state index is 4.46. The van der Waals surface area contributed by atoms with E-state index in [1.165, 1.54) is 10.7 Å². The van der Waals surface area contributed by atoms with Gasteiger partial charge < -0.3 is 5.32 Å². The normalized spacial score (nSPS) is 11.0. The Labute approximate surface area is 78.0 Å². The Balaban J connectivity index is 2.41. The first-order chi connectivity index (χ1) is 5.72. The van der Waals surface area contributed by atoms with Gasteiger partial charge in [0.2, 0.25) is 0 Å². The molecule has 1 aromatic rings. The van der Waals surface area contributed by atoms with Crippen LogP contribution in [0.25, 0.3) is 0 Å². The van der Waals surface area contributed by atoms with Crippen LogP contribution in [0.3, 0.4) is 0 Å². The first-order valence-electron chi connectivity index (χ1n) is 4.39. The molecule has 2 nitrogen and oxygen atoms in total. The third-order valence-electron chi connectivity index (χ3n) is 1.62. The lowest BCUT2D eigenvalue weighted by molar-refractivity contribution is 0.586. The zero-order chi connectivity index (χ0) is 8.97. The van der Waals surface area contributed by atoms with Crippen molar-refractivity contribution in [1.29, 1.82) is 0 Å². The van der Waals surface area contributed by atoms with Gasteiger partial charge >= 0.3 is 0 Å². The number of hydrogen-bond acceptors (Lipinski definition) is 3. The predicted octanol–water partition coefficient (Wildman–Crippen LogP) is 2.20. The fourth-order valence-electron chi connectivity index (χ4n) is 0.884. The fraction of sp³-hybridized carbons (Fsp3) is 0.667. The molecule has 3 heteroatoms. The van der Waals surface area contributed by atoms with Crippen LogP contribution in [0.15, 0.2) is 5.38 Å². The summed E-state index contributed by atoms with van der Waals surface area (Å²) >= 11 is 1.74. The summed E-state index contributed by atoms with van der Waals surface area (Å²) in [6.45, 7) is 7.33. The number of aryl methyl sites for hydroxylation is 1. The standard InChI is InChI=1S/C9H16N2S/c1-4-8-6-12-9(11-8)5-10-7(2)3/h6-7,10H,4-5H2,1-3H3. The number of nitrogens with zero attached hydrogens (tertiary/aromatic N) is 1. The number of thiazole rings is 1. The van der Waals surface area contributed by atoms with E-state index in [4.69, 9.17) is 0 Å². The minimum Gasteiger partial charge on any atom is -0.308 e. The second-order valence-corrected chi connectivity index (χ2v) is 4.06. The third kappa shape index (κ3) is 2.91.